The molecule has 0 spiro atoms. The van der Waals surface area contributed by atoms with Crippen molar-refractivity contribution in [2.45, 2.75) is 40.2 Å². The summed E-state index contributed by atoms with van der Waals surface area (Å²) in [6.07, 6.45) is 2.06. The first-order valence-corrected chi connectivity index (χ1v) is 6.41. The second kappa shape index (κ2) is 3.84. The highest BCUT2D eigenvalue weighted by Gasteiger charge is 2.66. The Morgan fingerprint density at radius 3 is 2.61 bits per heavy atom. The zero-order valence-electron chi connectivity index (χ0n) is 11.5. The Morgan fingerprint density at radius 1 is 1.56 bits per heavy atom. The standard InChI is InChI=1S/C14H21NO3/c1-6-13(4)8-14(13,5)11(16)15-10(9(2)3)7-18-12(15)17/h6,9-10H,1,7-8H2,2-5H3/t10-,13+,14-/m1/s1. The van der Waals surface area contributed by atoms with Crippen molar-refractivity contribution in [3.8, 4) is 0 Å². The molecule has 0 aromatic carbocycles. The molecule has 2 rings (SSSR count). The molecule has 0 bridgehead atoms. The van der Waals surface area contributed by atoms with E-state index in [9.17, 15) is 9.59 Å². The average molecular weight is 251 g/mol. The van der Waals surface area contributed by atoms with E-state index in [-0.39, 0.29) is 23.3 Å². The van der Waals surface area contributed by atoms with Crippen molar-refractivity contribution in [1.82, 2.24) is 4.90 Å². The molecule has 0 unspecified atom stereocenters. The highest BCUT2D eigenvalue weighted by molar-refractivity contribution is 5.99. The van der Waals surface area contributed by atoms with E-state index in [2.05, 4.69) is 6.58 Å². The monoisotopic (exact) mass is 251 g/mol. The Morgan fingerprint density at radius 2 is 2.17 bits per heavy atom. The molecule has 1 aliphatic carbocycles. The number of amides is 2. The van der Waals surface area contributed by atoms with Gasteiger partial charge in [-0.15, -0.1) is 6.58 Å². The molecule has 0 N–H and O–H groups in total. The smallest absolute Gasteiger partial charge is 0.417 e. The van der Waals surface area contributed by atoms with E-state index < -0.39 is 11.5 Å². The third kappa shape index (κ3) is 1.58. The molecule has 2 amide bonds. The fourth-order valence-corrected chi connectivity index (χ4v) is 2.73. The van der Waals surface area contributed by atoms with Crippen LogP contribution in [0.5, 0.6) is 0 Å². The Balaban J connectivity index is 2.24. The number of allylic oxidation sites excluding steroid dienone is 1. The van der Waals surface area contributed by atoms with Gasteiger partial charge in [0.05, 0.1) is 11.5 Å². The summed E-state index contributed by atoms with van der Waals surface area (Å²) >= 11 is 0. The molecular weight excluding hydrogens is 230 g/mol. The number of imide groups is 1. The minimum Gasteiger partial charge on any atom is -0.447 e. The molecule has 3 atom stereocenters. The zero-order valence-corrected chi connectivity index (χ0v) is 11.5. The summed E-state index contributed by atoms with van der Waals surface area (Å²) in [7, 11) is 0. The summed E-state index contributed by atoms with van der Waals surface area (Å²) in [4.78, 5) is 25.7. The van der Waals surface area contributed by atoms with Crippen LogP contribution in [-0.4, -0.2) is 29.5 Å². The lowest BCUT2D eigenvalue weighted by Gasteiger charge is -2.26. The summed E-state index contributed by atoms with van der Waals surface area (Å²) in [5, 5.41) is 0. The lowest BCUT2D eigenvalue weighted by molar-refractivity contribution is -0.135. The van der Waals surface area contributed by atoms with E-state index in [0.29, 0.717) is 6.61 Å². The van der Waals surface area contributed by atoms with Gasteiger partial charge in [-0.1, -0.05) is 26.8 Å². The molecule has 1 heterocycles. The van der Waals surface area contributed by atoms with Gasteiger partial charge in [0.2, 0.25) is 5.91 Å². The molecule has 0 aromatic rings. The Hall–Kier alpha value is -1.32. The number of nitrogens with zero attached hydrogens (tertiary/aromatic N) is 1. The molecule has 1 saturated heterocycles. The van der Waals surface area contributed by atoms with E-state index in [1.165, 1.54) is 4.90 Å². The number of rotatable bonds is 3. The van der Waals surface area contributed by atoms with Gasteiger partial charge < -0.3 is 4.74 Å². The number of cyclic esters (lactones) is 1. The molecule has 2 fully saturated rings. The van der Waals surface area contributed by atoms with E-state index in [4.69, 9.17) is 4.74 Å². The molecule has 1 aliphatic heterocycles. The summed E-state index contributed by atoms with van der Waals surface area (Å²) in [5.41, 5.74) is -0.709. The first-order chi connectivity index (χ1) is 8.27. The van der Waals surface area contributed by atoms with E-state index in [1.807, 2.05) is 33.8 Å². The molecule has 4 nitrogen and oxygen atoms in total. The average Bonchev–Trinajstić information content (AvgIpc) is 2.68. The normalized spacial score (nSPS) is 38.8. The maximum absolute atomic E-state index is 12.6. The molecule has 4 heteroatoms. The summed E-state index contributed by atoms with van der Waals surface area (Å²) in [6, 6.07) is -0.142. The van der Waals surface area contributed by atoms with Crippen LogP contribution >= 0.6 is 0 Å². The number of carbonyl (C=O) groups excluding carboxylic acids is 2. The van der Waals surface area contributed by atoms with Crippen LogP contribution in [0.25, 0.3) is 0 Å². The van der Waals surface area contributed by atoms with Crippen molar-refractivity contribution < 1.29 is 14.3 Å². The Labute approximate surface area is 108 Å². The van der Waals surface area contributed by atoms with Gasteiger partial charge in [0.15, 0.2) is 0 Å². The fraction of sp³-hybridized carbons (Fsp3) is 0.714. The van der Waals surface area contributed by atoms with E-state index >= 15 is 0 Å². The maximum atomic E-state index is 12.6. The lowest BCUT2D eigenvalue weighted by Crippen LogP contribution is -2.46. The third-order valence-corrected chi connectivity index (χ3v) is 4.67. The van der Waals surface area contributed by atoms with Crippen LogP contribution < -0.4 is 0 Å². The molecule has 0 radical (unpaired) electrons. The predicted molar refractivity (Wildman–Crippen MR) is 67.8 cm³/mol. The number of ether oxygens (including phenoxy) is 1. The first-order valence-electron chi connectivity index (χ1n) is 6.41. The van der Waals surface area contributed by atoms with Crippen molar-refractivity contribution in [3.63, 3.8) is 0 Å². The van der Waals surface area contributed by atoms with Crippen molar-refractivity contribution in [3.05, 3.63) is 12.7 Å². The number of carbonyl (C=O) groups is 2. The minimum absolute atomic E-state index is 0.119. The van der Waals surface area contributed by atoms with Gasteiger partial charge in [0, 0.05) is 5.41 Å². The van der Waals surface area contributed by atoms with Crippen LogP contribution in [-0.2, 0) is 9.53 Å². The van der Waals surface area contributed by atoms with Crippen LogP contribution in [0.1, 0.15) is 34.1 Å². The van der Waals surface area contributed by atoms with Crippen molar-refractivity contribution in [1.29, 1.82) is 0 Å². The zero-order chi connectivity index (χ0) is 13.7. The molecule has 18 heavy (non-hydrogen) atoms. The summed E-state index contributed by atoms with van der Waals surface area (Å²) in [5.74, 6) is 0.0869. The molecular formula is C14H21NO3. The van der Waals surface area contributed by atoms with Gasteiger partial charge in [-0.25, -0.2) is 9.69 Å². The second-order valence-corrected chi connectivity index (χ2v) is 6.19. The Bertz CT molecular complexity index is 417. The number of hydrogen-bond donors (Lipinski definition) is 0. The molecule has 100 valence electrons. The van der Waals surface area contributed by atoms with Crippen LogP contribution in [0.2, 0.25) is 0 Å². The van der Waals surface area contributed by atoms with Gasteiger partial charge in [-0.3, -0.25) is 4.79 Å². The second-order valence-electron chi connectivity index (χ2n) is 6.19. The maximum Gasteiger partial charge on any atom is 0.417 e. The summed E-state index contributed by atoms with van der Waals surface area (Å²) in [6.45, 7) is 12.0. The van der Waals surface area contributed by atoms with Crippen molar-refractivity contribution in [2.24, 2.45) is 16.7 Å². The summed E-state index contributed by atoms with van der Waals surface area (Å²) < 4.78 is 5.03. The Kier molecular flexibility index (Phi) is 2.80. The molecule has 0 aromatic heterocycles. The SMILES string of the molecule is C=C[C@@]1(C)C[C@]1(C)C(=O)N1C(=O)OC[C@@H]1C(C)C. The van der Waals surface area contributed by atoms with Crippen molar-refractivity contribution >= 4 is 12.0 Å². The third-order valence-electron chi connectivity index (χ3n) is 4.67. The lowest BCUT2D eigenvalue weighted by atomic mass is 9.93. The highest BCUT2D eigenvalue weighted by Crippen LogP contribution is 2.65. The number of hydrogen-bond acceptors (Lipinski definition) is 3. The minimum atomic E-state index is -0.509. The van der Waals surface area contributed by atoms with Crippen LogP contribution in [0.15, 0.2) is 12.7 Å². The van der Waals surface area contributed by atoms with E-state index in [0.717, 1.165) is 6.42 Å². The van der Waals surface area contributed by atoms with E-state index in [1.54, 1.807) is 0 Å². The van der Waals surface area contributed by atoms with Gasteiger partial charge in [0.25, 0.3) is 0 Å². The van der Waals surface area contributed by atoms with Gasteiger partial charge in [0.1, 0.15) is 6.61 Å². The van der Waals surface area contributed by atoms with Gasteiger partial charge in [-0.05, 0) is 19.3 Å². The topological polar surface area (TPSA) is 46.6 Å². The highest BCUT2D eigenvalue weighted by atomic mass is 16.6. The largest absolute Gasteiger partial charge is 0.447 e. The van der Waals surface area contributed by atoms with Crippen LogP contribution in [0, 0.1) is 16.7 Å². The molecule has 2 aliphatic rings. The van der Waals surface area contributed by atoms with Crippen LogP contribution in [0.3, 0.4) is 0 Å². The molecule has 1 saturated carbocycles. The predicted octanol–water partition coefficient (Wildman–Crippen LogP) is 2.59. The van der Waals surface area contributed by atoms with Crippen LogP contribution in [0.4, 0.5) is 4.79 Å². The van der Waals surface area contributed by atoms with Gasteiger partial charge >= 0.3 is 6.09 Å². The van der Waals surface area contributed by atoms with Gasteiger partial charge in [-0.2, -0.15) is 0 Å². The van der Waals surface area contributed by atoms with Crippen molar-refractivity contribution in [2.75, 3.05) is 6.61 Å². The first kappa shape index (κ1) is 13.1. The quantitative estimate of drug-likeness (QED) is 0.724. The fourth-order valence-electron chi connectivity index (χ4n) is 2.73.